The monoisotopic (exact) mass is 437 g/mol. The topological polar surface area (TPSA) is 64.6 Å². The van der Waals surface area contributed by atoms with Crippen LogP contribution < -0.4 is 14.2 Å². The second kappa shape index (κ2) is 8.31. The number of rotatable bonds is 6. The Hall–Kier alpha value is -2.41. The lowest BCUT2D eigenvalue weighted by Gasteiger charge is -2.16. The van der Waals surface area contributed by atoms with Gasteiger partial charge < -0.3 is 9.47 Å². The molecule has 5 nitrogen and oxygen atoms in total. The average molecular weight is 438 g/mol. The molecular weight excluding hydrogens is 421 g/mol. The Morgan fingerprint density at radius 3 is 2.21 bits per heavy atom. The van der Waals surface area contributed by atoms with Gasteiger partial charge in [0.05, 0.1) is 24.9 Å². The lowest BCUT2D eigenvalue weighted by Crippen LogP contribution is -2.15. The van der Waals surface area contributed by atoms with Crippen LogP contribution >= 0.6 is 23.2 Å². The molecule has 0 aliphatic carbocycles. The molecule has 0 spiro atoms. The lowest BCUT2D eigenvalue weighted by molar-refractivity contribution is 0.403. The molecule has 0 aromatic heterocycles. The van der Waals surface area contributed by atoms with Gasteiger partial charge >= 0.3 is 0 Å². The first kappa shape index (κ1) is 20.3. The number of sulfonamides is 1. The molecular formula is C20H17Cl2NO4S. The van der Waals surface area contributed by atoms with E-state index in [2.05, 4.69) is 4.72 Å². The van der Waals surface area contributed by atoms with E-state index in [0.717, 1.165) is 11.1 Å². The fourth-order valence-corrected chi connectivity index (χ4v) is 4.70. The van der Waals surface area contributed by atoms with Crippen molar-refractivity contribution in [3.63, 3.8) is 0 Å². The summed E-state index contributed by atoms with van der Waals surface area (Å²) < 4.78 is 39.1. The maximum absolute atomic E-state index is 13.0. The number of benzene rings is 3. The Morgan fingerprint density at radius 1 is 0.857 bits per heavy atom. The predicted molar refractivity (Wildman–Crippen MR) is 112 cm³/mol. The van der Waals surface area contributed by atoms with Crippen LogP contribution in [0, 0.1) is 0 Å². The third-order valence-electron chi connectivity index (χ3n) is 4.02. The summed E-state index contributed by atoms with van der Waals surface area (Å²) in [5.41, 5.74) is 2.05. The minimum atomic E-state index is -4.06. The molecule has 0 saturated heterocycles. The van der Waals surface area contributed by atoms with Crippen molar-refractivity contribution in [3.05, 3.63) is 70.7 Å². The summed E-state index contributed by atoms with van der Waals surface area (Å²) in [5.74, 6) is 0.382. The highest BCUT2D eigenvalue weighted by Crippen LogP contribution is 2.38. The number of methoxy groups -OCH3 is 2. The zero-order chi connectivity index (χ0) is 20.3. The molecule has 0 amide bonds. The number of hydrogen-bond acceptors (Lipinski definition) is 4. The molecule has 0 unspecified atom stereocenters. The molecule has 3 aromatic rings. The highest BCUT2D eigenvalue weighted by Gasteiger charge is 2.24. The van der Waals surface area contributed by atoms with Crippen LogP contribution in [-0.4, -0.2) is 22.6 Å². The molecule has 0 radical (unpaired) electrons. The molecule has 0 heterocycles. The number of halogens is 2. The Morgan fingerprint density at radius 2 is 1.57 bits per heavy atom. The molecule has 0 aliphatic rings. The van der Waals surface area contributed by atoms with Crippen molar-refractivity contribution >= 4 is 38.9 Å². The van der Waals surface area contributed by atoms with Crippen molar-refractivity contribution in [1.82, 2.24) is 0 Å². The summed E-state index contributed by atoms with van der Waals surface area (Å²) in [7, 11) is -1.25. The van der Waals surface area contributed by atoms with Crippen molar-refractivity contribution in [1.29, 1.82) is 0 Å². The Bertz CT molecular complexity index is 1100. The quantitative estimate of drug-likeness (QED) is 0.554. The highest BCUT2D eigenvalue weighted by atomic mass is 35.5. The van der Waals surface area contributed by atoms with Crippen LogP contribution in [0.4, 0.5) is 5.69 Å². The fraction of sp³-hybridized carbons (Fsp3) is 0.100. The van der Waals surface area contributed by atoms with Crippen LogP contribution in [0.15, 0.2) is 65.6 Å². The lowest BCUT2D eigenvalue weighted by atomic mass is 10.1. The van der Waals surface area contributed by atoms with Crippen LogP contribution in [0.2, 0.25) is 10.0 Å². The second-order valence-corrected chi connectivity index (χ2v) is 8.30. The standard InChI is InChI=1S/C20H17Cl2NO4S/c1-26-18-9-8-14(13-6-4-3-5-7-13)10-17(18)23-28(24,25)19-12-15(21)11-16(22)20(19)27-2/h3-12,23H,1-2H3. The van der Waals surface area contributed by atoms with Crippen LogP contribution in [0.5, 0.6) is 11.5 Å². The first-order chi connectivity index (χ1) is 13.4. The van der Waals surface area contributed by atoms with Gasteiger partial charge in [-0.05, 0) is 35.4 Å². The fourth-order valence-electron chi connectivity index (χ4n) is 2.73. The van der Waals surface area contributed by atoms with Gasteiger partial charge in [-0.3, -0.25) is 4.72 Å². The van der Waals surface area contributed by atoms with Gasteiger partial charge in [-0.1, -0.05) is 59.6 Å². The molecule has 3 rings (SSSR count). The molecule has 0 bridgehead atoms. The van der Waals surface area contributed by atoms with E-state index in [9.17, 15) is 8.42 Å². The molecule has 0 atom stereocenters. The van der Waals surface area contributed by atoms with Gasteiger partial charge in [-0.15, -0.1) is 0 Å². The van der Waals surface area contributed by atoms with Gasteiger partial charge in [0.25, 0.3) is 10.0 Å². The molecule has 0 aliphatic heterocycles. The van der Waals surface area contributed by atoms with Crippen LogP contribution in [0.3, 0.4) is 0 Å². The van der Waals surface area contributed by atoms with Crippen molar-refractivity contribution in [3.8, 4) is 22.6 Å². The van der Waals surface area contributed by atoms with E-state index in [0.29, 0.717) is 5.75 Å². The molecule has 0 fully saturated rings. The number of ether oxygens (including phenoxy) is 2. The summed E-state index contributed by atoms with van der Waals surface area (Å²) in [5, 5.41) is 0.275. The molecule has 8 heteroatoms. The van der Waals surface area contributed by atoms with Gasteiger partial charge in [-0.25, -0.2) is 8.42 Å². The van der Waals surface area contributed by atoms with Gasteiger partial charge in [0, 0.05) is 5.02 Å². The van der Waals surface area contributed by atoms with Crippen molar-refractivity contribution in [2.24, 2.45) is 0 Å². The largest absolute Gasteiger partial charge is 0.495 e. The van der Waals surface area contributed by atoms with Crippen molar-refractivity contribution < 1.29 is 17.9 Å². The maximum atomic E-state index is 13.0. The van der Waals surface area contributed by atoms with Crippen LogP contribution in [-0.2, 0) is 10.0 Å². The first-order valence-electron chi connectivity index (χ1n) is 8.15. The first-order valence-corrected chi connectivity index (χ1v) is 10.4. The summed E-state index contributed by atoms with van der Waals surface area (Å²) in [6, 6.07) is 17.5. The molecule has 1 N–H and O–H groups in total. The zero-order valence-electron chi connectivity index (χ0n) is 15.1. The average Bonchev–Trinajstić information content (AvgIpc) is 2.68. The minimum Gasteiger partial charge on any atom is -0.495 e. The van der Waals surface area contributed by atoms with E-state index in [1.807, 2.05) is 36.4 Å². The van der Waals surface area contributed by atoms with E-state index in [-0.39, 0.29) is 26.4 Å². The third-order valence-corrected chi connectivity index (χ3v) is 5.89. The predicted octanol–water partition coefficient (Wildman–Crippen LogP) is 5.48. The molecule has 28 heavy (non-hydrogen) atoms. The highest BCUT2D eigenvalue weighted by molar-refractivity contribution is 7.92. The Labute approximate surface area is 173 Å². The number of anilines is 1. The van der Waals surface area contributed by atoms with Gasteiger partial charge in [-0.2, -0.15) is 0 Å². The van der Waals surface area contributed by atoms with E-state index >= 15 is 0 Å². The van der Waals surface area contributed by atoms with Crippen molar-refractivity contribution in [2.75, 3.05) is 18.9 Å². The normalized spacial score (nSPS) is 11.1. The van der Waals surface area contributed by atoms with E-state index in [1.165, 1.54) is 26.4 Å². The van der Waals surface area contributed by atoms with E-state index in [4.69, 9.17) is 32.7 Å². The minimum absolute atomic E-state index is 0.0109. The van der Waals surface area contributed by atoms with Gasteiger partial charge in [0.2, 0.25) is 0 Å². The summed E-state index contributed by atoms with van der Waals surface area (Å²) >= 11 is 12.1. The summed E-state index contributed by atoms with van der Waals surface area (Å²) in [6.45, 7) is 0. The smallest absolute Gasteiger partial charge is 0.265 e. The van der Waals surface area contributed by atoms with Gasteiger partial charge in [0.1, 0.15) is 10.6 Å². The second-order valence-electron chi connectivity index (χ2n) is 5.81. The molecule has 0 saturated carbocycles. The van der Waals surface area contributed by atoms with Crippen LogP contribution in [0.1, 0.15) is 0 Å². The Balaban J connectivity index is 2.08. The van der Waals surface area contributed by atoms with Crippen molar-refractivity contribution in [2.45, 2.75) is 4.90 Å². The maximum Gasteiger partial charge on any atom is 0.265 e. The number of nitrogens with one attached hydrogen (secondary N) is 1. The molecule has 146 valence electrons. The van der Waals surface area contributed by atoms with E-state index in [1.54, 1.807) is 12.1 Å². The van der Waals surface area contributed by atoms with Crippen LogP contribution in [0.25, 0.3) is 11.1 Å². The number of hydrogen-bond donors (Lipinski definition) is 1. The Kier molecular flexibility index (Phi) is 6.03. The van der Waals surface area contributed by atoms with E-state index < -0.39 is 10.0 Å². The third kappa shape index (κ3) is 4.19. The summed E-state index contributed by atoms with van der Waals surface area (Å²) in [6.07, 6.45) is 0. The van der Waals surface area contributed by atoms with Gasteiger partial charge in [0.15, 0.2) is 5.75 Å². The summed E-state index contributed by atoms with van der Waals surface area (Å²) in [4.78, 5) is -0.167. The SMILES string of the molecule is COc1ccc(-c2ccccc2)cc1NS(=O)(=O)c1cc(Cl)cc(Cl)c1OC. The molecule has 3 aromatic carbocycles. The zero-order valence-corrected chi connectivity index (χ0v) is 17.4.